The van der Waals surface area contributed by atoms with Crippen LogP contribution in [-0.2, 0) is 6.42 Å². The first kappa shape index (κ1) is 22.0. The van der Waals surface area contributed by atoms with Crippen molar-refractivity contribution in [3.05, 3.63) is 84.7 Å². The van der Waals surface area contributed by atoms with Crippen LogP contribution < -0.4 is 10.1 Å². The van der Waals surface area contributed by atoms with Gasteiger partial charge in [0.1, 0.15) is 23.4 Å². The quantitative estimate of drug-likeness (QED) is 0.380. The van der Waals surface area contributed by atoms with E-state index in [4.69, 9.17) is 4.74 Å². The van der Waals surface area contributed by atoms with Crippen molar-refractivity contribution in [3.8, 4) is 5.75 Å². The first-order valence-corrected chi connectivity index (χ1v) is 9.71. The molecule has 160 valence electrons. The molecule has 3 aromatic rings. The summed E-state index contributed by atoms with van der Waals surface area (Å²) in [6, 6.07) is 7.37. The molecule has 0 bridgehead atoms. The second-order valence-corrected chi connectivity index (χ2v) is 6.83. The van der Waals surface area contributed by atoms with Crippen LogP contribution in [-0.4, -0.2) is 32.4 Å². The van der Waals surface area contributed by atoms with Gasteiger partial charge in [-0.05, 0) is 37.1 Å². The minimum atomic E-state index is -2.98. The lowest BCUT2D eigenvalue weighted by molar-refractivity contribution is 0.0671. The highest BCUT2D eigenvalue weighted by molar-refractivity contribution is 5.81. The molecule has 31 heavy (non-hydrogen) atoms. The molecule has 0 aliphatic carbocycles. The molecule has 8 heteroatoms. The van der Waals surface area contributed by atoms with Crippen LogP contribution in [0.5, 0.6) is 5.75 Å². The van der Waals surface area contributed by atoms with Gasteiger partial charge in [-0.15, -0.1) is 0 Å². The fraction of sp³-hybridized carbons (Fsp3) is 0.217. The molecule has 0 radical (unpaired) electrons. The molecule has 2 heterocycles. The minimum Gasteiger partial charge on any atom is -0.458 e. The van der Waals surface area contributed by atoms with Gasteiger partial charge in [0, 0.05) is 31.4 Å². The largest absolute Gasteiger partial charge is 0.458 e. The number of hydrogen-bond acceptors (Lipinski definition) is 6. The summed E-state index contributed by atoms with van der Waals surface area (Å²) in [5.74, 6) is -1.68. The normalized spacial score (nSPS) is 12.3. The van der Waals surface area contributed by atoms with E-state index < -0.39 is 5.92 Å². The Bertz CT molecular complexity index is 1100. The lowest BCUT2D eigenvalue weighted by Crippen LogP contribution is -2.12. The molecule has 0 aliphatic rings. The fourth-order valence-corrected chi connectivity index (χ4v) is 2.83. The Morgan fingerprint density at radius 3 is 2.58 bits per heavy atom. The van der Waals surface area contributed by atoms with E-state index in [1.807, 2.05) is 12.1 Å². The van der Waals surface area contributed by atoms with Crippen molar-refractivity contribution < 1.29 is 13.5 Å². The Balaban J connectivity index is 1.57. The van der Waals surface area contributed by atoms with Gasteiger partial charge in [0.05, 0.1) is 0 Å². The number of rotatable bonds is 9. The maximum absolute atomic E-state index is 13.6. The fourth-order valence-electron chi connectivity index (χ4n) is 2.83. The van der Waals surface area contributed by atoms with Crippen molar-refractivity contribution in [1.29, 1.82) is 0 Å². The number of anilines is 1. The summed E-state index contributed by atoms with van der Waals surface area (Å²) in [7, 11) is 0. The molecule has 6 nitrogen and oxygen atoms in total. The Hall–Kier alpha value is -3.68. The first-order valence-electron chi connectivity index (χ1n) is 9.71. The van der Waals surface area contributed by atoms with Gasteiger partial charge in [0.25, 0.3) is 5.92 Å². The first-order chi connectivity index (χ1) is 14.9. The van der Waals surface area contributed by atoms with Crippen LogP contribution in [0.4, 0.5) is 14.6 Å². The number of halogens is 2. The molecule has 2 aromatic heterocycles. The van der Waals surface area contributed by atoms with Gasteiger partial charge in [0.15, 0.2) is 11.5 Å². The van der Waals surface area contributed by atoms with Crippen molar-refractivity contribution in [2.24, 2.45) is 0 Å². The third kappa shape index (κ3) is 6.15. The summed E-state index contributed by atoms with van der Waals surface area (Å²) in [6.45, 7) is 6.87. The molecule has 3 rings (SSSR count). The van der Waals surface area contributed by atoms with Crippen molar-refractivity contribution in [2.75, 3.05) is 11.9 Å². The van der Waals surface area contributed by atoms with Crippen LogP contribution in [0.1, 0.15) is 19.4 Å². The van der Waals surface area contributed by atoms with Gasteiger partial charge in [-0.25, -0.2) is 28.7 Å². The Kier molecular flexibility index (Phi) is 7.02. The second-order valence-electron chi connectivity index (χ2n) is 6.83. The molecule has 0 amide bonds. The predicted octanol–water partition coefficient (Wildman–Crippen LogP) is 5.12. The molecular weight excluding hydrogens is 400 g/mol. The molecule has 1 N–H and O–H groups in total. The number of ether oxygens (including phenoxy) is 1. The molecule has 0 saturated heterocycles. The minimum absolute atomic E-state index is 0.140. The lowest BCUT2D eigenvalue weighted by Gasteiger charge is -2.13. The average Bonchev–Trinajstić information content (AvgIpc) is 2.74. The number of aromatic nitrogens is 4. The number of nitrogens with zero attached hydrogens (tertiary/aromatic N) is 4. The van der Waals surface area contributed by atoms with Crippen LogP contribution in [0.25, 0.3) is 11.2 Å². The standard InChI is InChI=1S/C23H23F2N5O/c1-4-5-18(23(3,24)25)14-16(2)31-19-8-6-17(7-9-19)10-11-27-21-20-22(30-15-29-21)28-13-12-26-20/h4-9,12-15H,2,10-11H2,1,3H3,(H,27,28,29,30)/b5-4-,18-14+. The zero-order valence-electron chi connectivity index (χ0n) is 17.3. The summed E-state index contributed by atoms with van der Waals surface area (Å²) >= 11 is 0. The van der Waals surface area contributed by atoms with E-state index in [1.54, 1.807) is 37.5 Å². The van der Waals surface area contributed by atoms with Gasteiger partial charge < -0.3 is 10.1 Å². The van der Waals surface area contributed by atoms with E-state index in [0.29, 0.717) is 29.3 Å². The predicted molar refractivity (Wildman–Crippen MR) is 117 cm³/mol. The van der Waals surface area contributed by atoms with Gasteiger partial charge in [-0.2, -0.15) is 0 Å². The summed E-state index contributed by atoms with van der Waals surface area (Å²) < 4.78 is 32.8. The summed E-state index contributed by atoms with van der Waals surface area (Å²) in [5.41, 5.74) is 2.06. The smallest absolute Gasteiger partial charge is 0.270 e. The van der Waals surface area contributed by atoms with Crippen molar-refractivity contribution >= 4 is 17.0 Å². The average molecular weight is 423 g/mol. The third-order valence-electron chi connectivity index (χ3n) is 4.32. The second kappa shape index (κ2) is 9.88. The Labute approximate surface area is 179 Å². The maximum Gasteiger partial charge on any atom is 0.270 e. The van der Waals surface area contributed by atoms with Crippen molar-refractivity contribution in [3.63, 3.8) is 0 Å². The van der Waals surface area contributed by atoms with Crippen molar-refractivity contribution in [1.82, 2.24) is 19.9 Å². The molecule has 1 aromatic carbocycles. The van der Waals surface area contributed by atoms with E-state index in [0.717, 1.165) is 18.9 Å². The van der Waals surface area contributed by atoms with E-state index in [1.165, 1.54) is 18.5 Å². The van der Waals surface area contributed by atoms with E-state index >= 15 is 0 Å². The number of alkyl halides is 2. The maximum atomic E-state index is 13.6. The molecule has 0 fully saturated rings. The summed E-state index contributed by atoms with van der Waals surface area (Å²) in [5, 5.41) is 3.25. The van der Waals surface area contributed by atoms with E-state index in [2.05, 4.69) is 31.8 Å². The number of allylic oxidation sites excluding steroid dienone is 4. The molecule has 0 unspecified atom stereocenters. The number of nitrogens with one attached hydrogen (secondary N) is 1. The van der Waals surface area contributed by atoms with Crippen LogP contribution >= 0.6 is 0 Å². The van der Waals surface area contributed by atoms with Crippen LogP contribution in [0.2, 0.25) is 0 Å². The van der Waals surface area contributed by atoms with E-state index in [9.17, 15) is 8.78 Å². The number of benzene rings is 1. The van der Waals surface area contributed by atoms with Gasteiger partial charge in [0.2, 0.25) is 0 Å². The number of hydrogen-bond donors (Lipinski definition) is 1. The van der Waals surface area contributed by atoms with Gasteiger partial charge in [-0.1, -0.05) is 30.9 Å². The topological polar surface area (TPSA) is 72.8 Å². The monoisotopic (exact) mass is 423 g/mol. The van der Waals surface area contributed by atoms with Gasteiger partial charge >= 0.3 is 0 Å². The Morgan fingerprint density at radius 1 is 1.13 bits per heavy atom. The van der Waals surface area contributed by atoms with Crippen LogP contribution in [0, 0.1) is 0 Å². The zero-order valence-corrected chi connectivity index (χ0v) is 17.3. The van der Waals surface area contributed by atoms with Crippen LogP contribution in [0.15, 0.2) is 79.1 Å². The van der Waals surface area contributed by atoms with Crippen molar-refractivity contribution in [2.45, 2.75) is 26.2 Å². The highest BCUT2D eigenvalue weighted by atomic mass is 19.3. The lowest BCUT2D eigenvalue weighted by atomic mass is 10.1. The SMILES string of the molecule is C=C(/C=C(\C=C/C)C(C)(F)F)Oc1ccc(CCNc2ncnc3nccnc23)cc1. The van der Waals surface area contributed by atoms with Gasteiger partial charge in [-0.3, -0.25) is 0 Å². The van der Waals surface area contributed by atoms with Crippen LogP contribution in [0.3, 0.4) is 0 Å². The molecule has 0 atom stereocenters. The Morgan fingerprint density at radius 2 is 1.87 bits per heavy atom. The highest BCUT2D eigenvalue weighted by Gasteiger charge is 2.25. The molecule has 0 saturated carbocycles. The summed E-state index contributed by atoms with van der Waals surface area (Å²) in [4.78, 5) is 16.7. The highest BCUT2D eigenvalue weighted by Crippen LogP contribution is 2.26. The van der Waals surface area contributed by atoms with E-state index in [-0.39, 0.29) is 11.3 Å². The molecular formula is C23H23F2N5O. The molecule has 0 aliphatic heterocycles. The summed E-state index contributed by atoms with van der Waals surface area (Å²) in [6.07, 6.45) is 9.51. The third-order valence-corrected chi connectivity index (χ3v) is 4.32. The number of fused-ring (bicyclic) bond motifs is 1. The zero-order chi connectivity index (χ0) is 22.3. The molecule has 0 spiro atoms.